The maximum Gasteiger partial charge on any atom is 0.410 e. The van der Waals surface area contributed by atoms with Gasteiger partial charge in [-0.25, -0.2) is 9.59 Å². The van der Waals surface area contributed by atoms with Crippen LogP contribution in [-0.4, -0.2) is 53.9 Å². The van der Waals surface area contributed by atoms with Crippen LogP contribution in [0.15, 0.2) is 12.1 Å². The average Bonchev–Trinajstić information content (AvgIpc) is 2.98. The van der Waals surface area contributed by atoms with Crippen molar-refractivity contribution in [2.75, 3.05) is 25.0 Å². The summed E-state index contributed by atoms with van der Waals surface area (Å²) in [5.41, 5.74) is 2.38. The Hall–Kier alpha value is -2.57. The third-order valence-corrected chi connectivity index (χ3v) is 4.57. The first kappa shape index (κ1) is 18.2. The van der Waals surface area contributed by atoms with E-state index >= 15 is 0 Å². The van der Waals surface area contributed by atoms with Gasteiger partial charge < -0.3 is 9.64 Å². The second kappa shape index (κ2) is 6.63. The predicted molar refractivity (Wildman–Crippen MR) is 97.3 cm³/mol. The van der Waals surface area contributed by atoms with Gasteiger partial charge in [-0.3, -0.25) is 14.6 Å². The molecule has 1 aromatic carbocycles. The summed E-state index contributed by atoms with van der Waals surface area (Å²) in [6.45, 7) is 7.59. The van der Waals surface area contributed by atoms with Crippen LogP contribution in [0.1, 0.15) is 48.7 Å². The lowest BCUT2D eigenvalue weighted by atomic mass is 10.0. The van der Waals surface area contributed by atoms with Gasteiger partial charge in [-0.05, 0) is 50.5 Å². The molecular formula is C19H25N3O4. The molecule has 7 nitrogen and oxygen atoms in total. The average molecular weight is 359 g/mol. The van der Waals surface area contributed by atoms with Crippen LogP contribution in [0.4, 0.5) is 15.3 Å². The number of ether oxygens (including phenoxy) is 1. The van der Waals surface area contributed by atoms with Crippen molar-refractivity contribution < 1.29 is 19.1 Å². The minimum atomic E-state index is -0.560. The van der Waals surface area contributed by atoms with Crippen molar-refractivity contribution in [3.05, 3.63) is 28.8 Å². The molecular weight excluding hydrogens is 334 g/mol. The zero-order valence-electron chi connectivity index (χ0n) is 15.7. The molecule has 0 unspecified atom stereocenters. The Labute approximate surface area is 153 Å². The molecule has 0 saturated carbocycles. The number of urea groups is 1. The molecule has 140 valence electrons. The number of carbonyl (C=O) groups is 3. The summed E-state index contributed by atoms with van der Waals surface area (Å²) in [6.07, 6.45) is 1.24. The fourth-order valence-electron chi connectivity index (χ4n) is 3.33. The number of carbonyl (C=O) groups excluding carboxylic acids is 3. The molecule has 2 aliphatic rings. The zero-order valence-corrected chi connectivity index (χ0v) is 15.7. The molecule has 0 atom stereocenters. The molecule has 0 aromatic heterocycles. The summed E-state index contributed by atoms with van der Waals surface area (Å²) in [5.74, 6) is 0. The van der Waals surface area contributed by atoms with E-state index in [1.54, 1.807) is 27.8 Å². The van der Waals surface area contributed by atoms with Crippen LogP contribution in [-0.2, 0) is 17.8 Å². The summed E-state index contributed by atoms with van der Waals surface area (Å²) in [6, 6.07) is 3.53. The second-order valence-electron chi connectivity index (χ2n) is 7.84. The van der Waals surface area contributed by atoms with Gasteiger partial charge in [0.15, 0.2) is 6.29 Å². The molecule has 2 aliphatic heterocycles. The van der Waals surface area contributed by atoms with Gasteiger partial charge >= 0.3 is 12.1 Å². The number of aldehydes is 1. The summed E-state index contributed by atoms with van der Waals surface area (Å²) < 4.78 is 5.43. The van der Waals surface area contributed by atoms with Gasteiger partial charge in [0.1, 0.15) is 5.60 Å². The van der Waals surface area contributed by atoms with Crippen LogP contribution in [0.25, 0.3) is 0 Å². The second-order valence-corrected chi connectivity index (χ2v) is 7.84. The number of hydrogen-bond acceptors (Lipinski definition) is 4. The Balaban J connectivity index is 1.87. The Morgan fingerprint density at radius 2 is 1.81 bits per heavy atom. The van der Waals surface area contributed by atoms with Crippen molar-refractivity contribution in [1.29, 1.82) is 0 Å². The third kappa shape index (κ3) is 3.52. The molecule has 1 fully saturated rings. The SMILES string of the molecule is CN1CCCN(c2cc3c(cc2C=O)CN(C(=O)OC(C)(C)C)C3)C1=O. The highest BCUT2D eigenvalue weighted by Crippen LogP contribution is 2.32. The van der Waals surface area contributed by atoms with Gasteiger partial charge in [-0.15, -0.1) is 0 Å². The van der Waals surface area contributed by atoms with E-state index in [0.29, 0.717) is 37.4 Å². The minimum absolute atomic E-state index is 0.110. The number of nitrogens with zero attached hydrogens (tertiary/aromatic N) is 3. The Morgan fingerprint density at radius 1 is 1.15 bits per heavy atom. The van der Waals surface area contributed by atoms with Gasteiger partial charge in [0.05, 0.1) is 5.69 Å². The van der Waals surface area contributed by atoms with Crippen LogP contribution in [0, 0.1) is 0 Å². The van der Waals surface area contributed by atoms with Crippen LogP contribution in [0.2, 0.25) is 0 Å². The molecule has 1 aromatic rings. The van der Waals surface area contributed by atoms with Crippen molar-refractivity contribution in [3.63, 3.8) is 0 Å². The van der Waals surface area contributed by atoms with E-state index in [1.807, 2.05) is 26.8 Å². The maximum atomic E-state index is 12.5. The molecule has 2 heterocycles. The summed E-state index contributed by atoms with van der Waals surface area (Å²) in [7, 11) is 1.76. The van der Waals surface area contributed by atoms with Gasteiger partial charge in [-0.2, -0.15) is 0 Å². The lowest BCUT2D eigenvalue weighted by molar-refractivity contribution is 0.0241. The van der Waals surface area contributed by atoms with E-state index in [4.69, 9.17) is 4.74 Å². The lowest BCUT2D eigenvalue weighted by Gasteiger charge is -2.34. The fraction of sp³-hybridized carbons (Fsp3) is 0.526. The largest absolute Gasteiger partial charge is 0.444 e. The standard InChI is InChI=1S/C19H25N3O4/c1-19(2,3)26-18(25)21-10-13-8-15(12-23)16(9-14(13)11-21)22-7-5-6-20(4)17(22)24/h8-9,12H,5-7,10-11H2,1-4H3. The Kier molecular flexibility index (Phi) is 4.64. The van der Waals surface area contributed by atoms with Crippen LogP contribution >= 0.6 is 0 Å². The van der Waals surface area contributed by atoms with Crippen molar-refractivity contribution in [3.8, 4) is 0 Å². The van der Waals surface area contributed by atoms with E-state index < -0.39 is 5.60 Å². The molecule has 0 bridgehead atoms. The van der Waals surface area contributed by atoms with Gasteiger partial charge in [-0.1, -0.05) is 0 Å². The highest BCUT2D eigenvalue weighted by molar-refractivity contribution is 5.98. The van der Waals surface area contributed by atoms with Gasteiger partial charge in [0, 0.05) is 38.8 Å². The quantitative estimate of drug-likeness (QED) is 0.761. The van der Waals surface area contributed by atoms with E-state index in [0.717, 1.165) is 23.8 Å². The van der Waals surface area contributed by atoms with Crippen molar-refractivity contribution in [1.82, 2.24) is 9.80 Å². The highest BCUT2D eigenvalue weighted by atomic mass is 16.6. The smallest absolute Gasteiger partial charge is 0.410 e. The number of benzene rings is 1. The fourth-order valence-corrected chi connectivity index (χ4v) is 3.33. The molecule has 0 radical (unpaired) electrons. The van der Waals surface area contributed by atoms with Crippen LogP contribution in [0.3, 0.4) is 0 Å². The van der Waals surface area contributed by atoms with Crippen molar-refractivity contribution >= 4 is 24.1 Å². The molecule has 0 aliphatic carbocycles. The van der Waals surface area contributed by atoms with Crippen LogP contribution in [0.5, 0.6) is 0 Å². The third-order valence-electron chi connectivity index (χ3n) is 4.57. The van der Waals surface area contributed by atoms with E-state index in [2.05, 4.69) is 0 Å². The molecule has 0 spiro atoms. The number of amides is 3. The molecule has 3 rings (SSSR count). The number of rotatable bonds is 2. The van der Waals surface area contributed by atoms with E-state index in [1.165, 1.54) is 0 Å². The highest BCUT2D eigenvalue weighted by Gasteiger charge is 2.31. The summed E-state index contributed by atoms with van der Waals surface area (Å²) in [5, 5.41) is 0. The van der Waals surface area contributed by atoms with E-state index in [-0.39, 0.29) is 12.1 Å². The first-order valence-corrected chi connectivity index (χ1v) is 8.81. The maximum absolute atomic E-state index is 12.5. The van der Waals surface area contributed by atoms with E-state index in [9.17, 15) is 14.4 Å². The Morgan fingerprint density at radius 3 is 2.42 bits per heavy atom. The topological polar surface area (TPSA) is 70.2 Å². The monoisotopic (exact) mass is 359 g/mol. The van der Waals surface area contributed by atoms with Crippen LogP contribution < -0.4 is 4.90 Å². The minimum Gasteiger partial charge on any atom is -0.444 e. The first-order chi connectivity index (χ1) is 12.2. The number of hydrogen-bond donors (Lipinski definition) is 0. The predicted octanol–water partition coefficient (Wildman–Crippen LogP) is 3.01. The summed E-state index contributed by atoms with van der Waals surface area (Å²) in [4.78, 5) is 41.3. The van der Waals surface area contributed by atoms with Gasteiger partial charge in [0.2, 0.25) is 0 Å². The van der Waals surface area contributed by atoms with Crippen molar-refractivity contribution in [2.24, 2.45) is 0 Å². The first-order valence-electron chi connectivity index (χ1n) is 8.81. The molecule has 26 heavy (non-hydrogen) atoms. The van der Waals surface area contributed by atoms with Crippen molar-refractivity contribution in [2.45, 2.75) is 45.9 Å². The number of anilines is 1. The molecule has 0 N–H and O–H groups in total. The van der Waals surface area contributed by atoms with Gasteiger partial charge in [0.25, 0.3) is 0 Å². The zero-order chi connectivity index (χ0) is 19.1. The molecule has 7 heteroatoms. The Bertz CT molecular complexity index is 754. The summed E-state index contributed by atoms with van der Waals surface area (Å²) >= 11 is 0. The normalized spacial score (nSPS) is 17.4. The lowest BCUT2D eigenvalue weighted by Crippen LogP contribution is -2.47. The molecule has 1 saturated heterocycles. The number of fused-ring (bicyclic) bond motifs is 1. The molecule has 3 amide bonds.